The molecule has 0 radical (unpaired) electrons. The van der Waals surface area contributed by atoms with Crippen LogP contribution in [-0.2, 0) is 4.74 Å². The third-order valence-corrected chi connectivity index (χ3v) is 2.98. The van der Waals surface area contributed by atoms with E-state index in [1.165, 1.54) is 0 Å². The van der Waals surface area contributed by atoms with E-state index in [1.54, 1.807) is 7.11 Å². The van der Waals surface area contributed by atoms with E-state index in [-0.39, 0.29) is 12.1 Å². The Morgan fingerprint density at radius 1 is 1.35 bits per heavy atom. The molecule has 1 unspecified atom stereocenters. The highest BCUT2D eigenvalue weighted by molar-refractivity contribution is 5.89. The molecule has 1 aromatic rings. The Morgan fingerprint density at radius 2 is 2.15 bits per heavy atom. The van der Waals surface area contributed by atoms with Gasteiger partial charge in [0.25, 0.3) is 0 Å². The van der Waals surface area contributed by atoms with Crippen LogP contribution >= 0.6 is 0 Å². The zero-order chi connectivity index (χ0) is 14.8. The number of unbranched alkanes of at least 4 members (excludes halogenated alkanes) is 2. The quantitative estimate of drug-likeness (QED) is 0.640. The molecule has 0 aliphatic heterocycles. The maximum atomic E-state index is 11.7. The molecule has 0 spiro atoms. The summed E-state index contributed by atoms with van der Waals surface area (Å²) in [5.41, 5.74) is 7.58. The number of anilines is 1. The first-order valence-corrected chi connectivity index (χ1v) is 7.03. The summed E-state index contributed by atoms with van der Waals surface area (Å²) in [6, 6.07) is 7.36. The molecule has 20 heavy (non-hydrogen) atoms. The van der Waals surface area contributed by atoms with E-state index in [0.29, 0.717) is 6.54 Å². The van der Waals surface area contributed by atoms with Gasteiger partial charge < -0.3 is 21.1 Å². The highest BCUT2D eigenvalue weighted by Crippen LogP contribution is 2.15. The van der Waals surface area contributed by atoms with Crippen molar-refractivity contribution in [3.05, 3.63) is 29.8 Å². The summed E-state index contributed by atoms with van der Waals surface area (Å²) in [6.45, 7) is 3.36. The molecule has 0 aliphatic carbocycles. The average molecular weight is 279 g/mol. The molecular weight excluding hydrogens is 254 g/mol. The van der Waals surface area contributed by atoms with E-state index in [0.717, 1.165) is 37.1 Å². The van der Waals surface area contributed by atoms with Crippen LogP contribution in [0.3, 0.4) is 0 Å². The Labute approximate surface area is 120 Å². The van der Waals surface area contributed by atoms with Crippen molar-refractivity contribution < 1.29 is 9.53 Å². The fourth-order valence-corrected chi connectivity index (χ4v) is 1.83. The average Bonchev–Trinajstić information content (AvgIpc) is 2.43. The summed E-state index contributed by atoms with van der Waals surface area (Å²) in [6.07, 6.45) is 3.03. The van der Waals surface area contributed by atoms with Crippen LogP contribution in [0.4, 0.5) is 10.5 Å². The number of methoxy groups -OCH3 is 1. The highest BCUT2D eigenvalue weighted by atomic mass is 16.5. The molecule has 0 saturated carbocycles. The molecule has 0 aromatic heterocycles. The van der Waals surface area contributed by atoms with Crippen molar-refractivity contribution in [3.63, 3.8) is 0 Å². The van der Waals surface area contributed by atoms with Crippen LogP contribution in [0.25, 0.3) is 0 Å². The smallest absolute Gasteiger partial charge is 0.319 e. The van der Waals surface area contributed by atoms with E-state index in [2.05, 4.69) is 10.6 Å². The molecular formula is C15H25N3O2. The third-order valence-electron chi connectivity index (χ3n) is 2.98. The van der Waals surface area contributed by atoms with Gasteiger partial charge in [-0.05, 0) is 43.9 Å². The van der Waals surface area contributed by atoms with E-state index in [1.807, 2.05) is 31.2 Å². The lowest BCUT2D eigenvalue weighted by atomic mass is 10.1. The summed E-state index contributed by atoms with van der Waals surface area (Å²) in [7, 11) is 1.70. The zero-order valence-corrected chi connectivity index (χ0v) is 12.3. The van der Waals surface area contributed by atoms with Crippen LogP contribution in [0.1, 0.15) is 37.8 Å². The molecule has 5 nitrogen and oxygen atoms in total. The number of carbonyl (C=O) groups is 1. The minimum atomic E-state index is -0.182. The molecule has 0 heterocycles. The molecule has 112 valence electrons. The minimum absolute atomic E-state index is 0.0411. The summed E-state index contributed by atoms with van der Waals surface area (Å²) >= 11 is 0. The predicted molar refractivity (Wildman–Crippen MR) is 81.8 cm³/mol. The van der Waals surface area contributed by atoms with E-state index >= 15 is 0 Å². The fraction of sp³-hybridized carbons (Fsp3) is 0.533. The Hall–Kier alpha value is -1.59. The highest BCUT2D eigenvalue weighted by Gasteiger charge is 2.03. The van der Waals surface area contributed by atoms with Gasteiger partial charge in [0.15, 0.2) is 0 Å². The van der Waals surface area contributed by atoms with Gasteiger partial charge in [-0.3, -0.25) is 0 Å². The first kappa shape index (κ1) is 16.5. The van der Waals surface area contributed by atoms with Crippen LogP contribution in [0.15, 0.2) is 24.3 Å². The Morgan fingerprint density at radius 3 is 2.85 bits per heavy atom. The summed E-state index contributed by atoms with van der Waals surface area (Å²) < 4.78 is 4.97. The number of hydrogen-bond acceptors (Lipinski definition) is 3. The van der Waals surface area contributed by atoms with Crippen LogP contribution in [0.2, 0.25) is 0 Å². The topological polar surface area (TPSA) is 76.4 Å². The van der Waals surface area contributed by atoms with Crippen molar-refractivity contribution in [1.29, 1.82) is 0 Å². The zero-order valence-electron chi connectivity index (χ0n) is 12.3. The fourth-order valence-electron chi connectivity index (χ4n) is 1.83. The molecule has 0 aliphatic rings. The number of benzene rings is 1. The van der Waals surface area contributed by atoms with Crippen molar-refractivity contribution in [1.82, 2.24) is 5.32 Å². The number of urea groups is 1. The molecule has 0 fully saturated rings. The molecule has 2 amide bonds. The monoisotopic (exact) mass is 279 g/mol. The molecule has 5 heteroatoms. The second-order valence-electron chi connectivity index (χ2n) is 4.85. The molecule has 1 rings (SSSR count). The van der Waals surface area contributed by atoms with Gasteiger partial charge in [-0.1, -0.05) is 12.1 Å². The predicted octanol–water partition coefficient (Wildman–Crippen LogP) is 2.64. The van der Waals surface area contributed by atoms with Gasteiger partial charge in [0, 0.05) is 32.0 Å². The van der Waals surface area contributed by atoms with Gasteiger partial charge in [0.2, 0.25) is 0 Å². The van der Waals surface area contributed by atoms with Crippen LogP contribution < -0.4 is 16.4 Å². The maximum Gasteiger partial charge on any atom is 0.319 e. The van der Waals surface area contributed by atoms with E-state index < -0.39 is 0 Å². The minimum Gasteiger partial charge on any atom is -0.385 e. The molecule has 0 saturated heterocycles. The number of hydrogen-bond donors (Lipinski definition) is 3. The standard InChI is InChI=1S/C15H25N3O2/c1-12(16)13-7-6-8-14(11-13)18-15(19)17-9-4-3-5-10-20-2/h6-8,11-12H,3-5,9-10,16H2,1-2H3,(H2,17,18,19). The van der Waals surface area contributed by atoms with Crippen molar-refractivity contribution in [2.75, 3.05) is 25.6 Å². The van der Waals surface area contributed by atoms with Gasteiger partial charge in [-0.2, -0.15) is 0 Å². The lowest BCUT2D eigenvalue weighted by molar-refractivity contribution is 0.192. The molecule has 0 bridgehead atoms. The second kappa shape index (κ2) is 9.34. The van der Waals surface area contributed by atoms with E-state index in [9.17, 15) is 4.79 Å². The third kappa shape index (κ3) is 6.54. The van der Waals surface area contributed by atoms with Gasteiger partial charge in [0.05, 0.1) is 0 Å². The number of amides is 2. The van der Waals surface area contributed by atoms with Crippen molar-refractivity contribution >= 4 is 11.7 Å². The van der Waals surface area contributed by atoms with Gasteiger partial charge in [-0.25, -0.2) is 4.79 Å². The summed E-state index contributed by atoms with van der Waals surface area (Å²) in [5.74, 6) is 0. The van der Waals surface area contributed by atoms with Crippen LogP contribution in [0.5, 0.6) is 0 Å². The van der Waals surface area contributed by atoms with Crippen molar-refractivity contribution in [2.45, 2.75) is 32.2 Å². The van der Waals surface area contributed by atoms with Gasteiger partial charge in [-0.15, -0.1) is 0 Å². The number of ether oxygens (including phenoxy) is 1. The maximum absolute atomic E-state index is 11.7. The number of rotatable bonds is 8. The summed E-state index contributed by atoms with van der Waals surface area (Å²) in [4.78, 5) is 11.7. The van der Waals surface area contributed by atoms with Crippen molar-refractivity contribution in [2.24, 2.45) is 5.73 Å². The van der Waals surface area contributed by atoms with E-state index in [4.69, 9.17) is 10.5 Å². The van der Waals surface area contributed by atoms with Gasteiger partial charge >= 0.3 is 6.03 Å². The molecule has 1 atom stereocenters. The first-order valence-electron chi connectivity index (χ1n) is 7.03. The van der Waals surface area contributed by atoms with Crippen LogP contribution in [-0.4, -0.2) is 26.3 Å². The normalized spacial score (nSPS) is 11.9. The lowest BCUT2D eigenvalue weighted by Gasteiger charge is -2.10. The second-order valence-corrected chi connectivity index (χ2v) is 4.85. The number of nitrogens with two attached hydrogens (primary N) is 1. The first-order chi connectivity index (χ1) is 9.63. The number of carbonyl (C=O) groups excluding carboxylic acids is 1. The van der Waals surface area contributed by atoms with Crippen LogP contribution in [0, 0.1) is 0 Å². The van der Waals surface area contributed by atoms with Crippen molar-refractivity contribution in [3.8, 4) is 0 Å². The summed E-state index contributed by atoms with van der Waals surface area (Å²) in [5, 5.41) is 5.64. The van der Waals surface area contributed by atoms with Gasteiger partial charge in [0.1, 0.15) is 0 Å². The largest absolute Gasteiger partial charge is 0.385 e. The SMILES string of the molecule is COCCCCCNC(=O)Nc1cccc(C(C)N)c1. The molecule has 1 aromatic carbocycles. The molecule has 4 N–H and O–H groups in total. The Bertz CT molecular complexity index is 408. The Balaban J connectivity index is 2.26. The lowest BCUT2D eigenvalue weighted by Crippen LogP contribution is -2.29. The Kier molecular flexibility index (Phi) is 7.69. The number of nitrogens with one attached hydrogen (secondary N) is 2.